The molecule has 0 heterocycles. The van der Waals surface area contributed by atoms with Gasteiger partial charge in [-0.05, 0) is 48.5 Å². The molecular weight excluding hydrogens is 298 g/mol. The van der Waals surface area contributed by atoms with Gasteiger partial charge in [0.25, 0.3) is 0 Å². The maximum atomic E-state index is 10.0. The quantitative estimate of drug-likeness (QED) is 0.731. The van der Waals surface area contributed by atoms with Gasteiger partial charge in [0.2, 0.25) is 0 Å². The molecule has 0 aliphatic heterocycles. The highest BCUT2D eigenvalue weighted by Gasteiger charge is 2.05. The Morgan fingerprint density at radius 2 is 1.50 bits per heavy atom. The van der Waals surface area contributed by atoms with Crippen LogP contribution in [0.15, 0.2) is 53.4 Å². The van der Waals surface area contributed by atoms with E-state index < -0.39 is 6.10 Å². The molecule has 0 saturated heterocycles. The Hall–Kier alpha value is -1.85. The first kappa shape index (κ1) is 16.5. The molecule has 2 N–H and O–H groups in total. The Balaban J connectivity index is 1.73. The standard InChI is InChI=1S/C17H21NO3S/c1-20-15-5-3-13(4-6-15)18-11-14(19)12-22-17-9-7-16(21-2)8-10-17/h3-10,14,18-19H,11-12H2,1-2H3. The summed E-state index contributed by atoms with van der Waals surface area (Å²) in [5, 5.41) is 13.3. The number of nitrogens with one attached hydrogen (secondary N) is 1. The third-order valence-corrected chi connectivity index (χ3v) is 4.29. The van der Waals surface area contributed by atoms with Gasteiger partial charge < -0.3 is 19.9 Å². The molecule has 4 nitrogen and oxygen atoms in total. The second-order valence-electron chi connectivity index (χ2n) is 4.75. The molecule has 118 valence electrons. The lowest BCUT2D eigenvalue weighted by Crippen LogP contribution is -2.21. The van der Waals surface area contributed by atoms with Crippen LogP contribution in [-0.4, -0.2) is 37.7 Å². The van der Waals surface area contributed by atoms with Gasteiger partial charge in [-0.1, -0.05) is 0 Å². The zero-order chi connectivity index (χ0) is 15.8. The molecule has 0 spiro atoms. The zero-order valence-corrected chi connectivity index (χ0v) is 13.6. The zero-order valence-electron chi connectivity index (χ0n) is 12.8. The van der Waals surface area contributed by atoms with Crippen molar-refractivity contribution in [2.45, 2.75) is 11.0 Å². The minimum absolute atomic E-state index is 0.422. The van der Waals surface area contributed by atoms with Crippen LogP contribution in [0.4, 0.5) is 5.69 Å². The van der Waals surface area contributed by atoms with Crippen LogP contribution < -0.4 is 14.8 Å². The number of aliphatic hydroxyl groups is 1. The van der Waals surface area contributed by atoms with Crippen molar-refractivity contribution in [3.8, 4) is 11.5 Å². The lowest BCUT2D eigenvalue weighted by Gasteiger charge is -2.13. The van der Waals surface area contributed by atoms with E-state index in [0.29, 0.717) is 12.3 Å². The Labute approximate surface area is 135 Å². The van der Waals surface area contributed by atoms with Crippen LogP contribution in [0.25, 0.3) is 0 Å². The van der Waals surface area contributed by atoms with Crippen molar-refractivity contribution >= 4 is 17.4 Å². The summed E-state index contributed by atoms with van der Waals surface area (Å²) in [6.45, 7) is 0.509. The normalized spacial score (nSPS) is 11.8. The molecule has 0 aliphatic carbocycles. The number of aliphatic hydroxyl groups excluding tert-OH is 1. The smallest absolute Gasteiger partial charge is 0.119 e. The molecule has 1 unspecified atom stereocenters. The van der Waals surface area contributed by atoms with Gasteiger partial charge >= 0.3 is 0 Å². The van der Waals surface area contributed by atoms with Gasteiger partial charge in [-0.15, -0.1) is 11.8 Å². The van der Waals surface area contributed by atoms with Crippen molar-refractivity contribution in [2.75, 3.05) is 31.8 Å². The molecule has 2 rings (SSSR count). The molecule has 0 radical (unpaired) electrons. The monoisotopic (exact) mass is 319 g/mol. The number of methoxy groups -OCH3 is 2. The van der Waals surface area contributed by atoms with Crippen LogP contribution >= 0.6 is 11.8 Å². The summed E-state index contributed by atoms with van der Waals surface area (Å²) in [6, 6.07) is 15.5. The van der Waals surface area contributed by atoms with E-state index in [9.17, 15) is 5.11 Å². The van der Waals surface area contributed by atoms with E-state index in [0.717, 1.165) is 22.1 Å². The number of hydrogen-bond donors (Lipinski definition) is 2. The fraction of sp³-hybridized carbons (Fsp3) is 0.294. The van der Waals surface area contributed by atoms with E-state index in [-0.39, 0.29) is 0 Å². The first-order valence-corrected chi connectivity index (χ1v) is 8.02. The second kappa shape index (κ2) is 8.56. The first-order valence-electron chi connectivity index (χ1n) is 7.04. The van der Waals surface area contributed by atoms with Gasteiger partial charge in [0, 0.05) is 22.9 Å². The molecule has 2 aromatic carbocycles. The van der Waals surface area contributed by atoms with E-state index in [4.69, 9.17) is 9.47 Å². The fourth-order valence-electron chi connectivity index (χ4n) is 1.87. The molecule has 0 amide bonds. The van der Waals surface area contributed by atoms with Gasteiger partial charge in [0.15, 0.2) is 0 Å². The average molecular weight is 319 g/mol. The molecule has 0 bridgehead atoms. The van der Waals surface area contributed by atoms with E-state index >= 15 is 0 Å². The summed E-state index contributed by atoms with van der Waals surface area (Å²) >= 11 is 1.62. The van der Waals surface area contributed by atoms with E-state index in [2.05, 4.69) is 5.32 Å². The molecule has 0 aromatic heterocycles. The maximum Gasteiger partial charge on any atom is 0.119 e. The average Bonchev–Trinajstić information content (AvgIpc) is 2.59. The van der Waals surface area contributed by atoms with Crippen LogP contribution in [0.3, 0.4) is 0 Å². The molecule has 1 atom stereocenters. The van der Waals surface area contributed by atoms with Crippen molar-refractivity contribution in [3.05, 3.63) is 48.5 Å². The fourth-order valence-corrected chi connectivity index (χ4v) is 2.70. The number of anilines is 1. The van der Waals surface area contributed by atoms with Gasteiger partial charge in [-0.3, -0.25) is 0 Å². The van der Waals surface area contributed by atoms with Crippen LogP contribution in [-0.2, 0) is 0 Å². The highest BCUT2D eigenvalue weighted by Crippen LogP contribution is 2.22. The maximum absolute atomic E-state index is 10.0. The van der Waals surface area contributed by atoms with Crippen molar-refractivity contribution in [1.82, 2.24) is 0 Å². The number of benzene rings is 2. The summed E-state index contributed by atoms with van der Waals surface area (Å²) in [7, 11) is 3.29. The molecule has 5 heteroatoms. The van der Waals surface area contributed by atoms with Crippen molar-refractivity contribution in [1.29, 1.82) is 0 Å². The van der Waals surface area contributed by atoms with Crippen LogP contribution in [0.1, 0.15) is 0 Å². The minimum atomic E-state index is -0.422. The van der Waals surface area contributed by atoms with Crippen molar-refractivity contribution in [2.24, 2.45) is 0 Å². The summed E-state index contributed by atoms with van der Waals surface area (Å²) in [5.41, 5.74) is 0.967. The molecular formula is C17H21NO3S. The number of ether oxygens (including phenoxy) is 2. The third-order valence-electron chi connectivity index (χ3n) is 3.13. The van der Waals surface area contributed by atoms with Crippen LogP contribution in [0.5, 0.6) is 11.5 Å². The molecule has 0 fully saturated rings. The lowest BCUT2D eigenvalue weighted by molar-refractivity contribution is 0.213. The highest BCUT2D eigenvalue weighted by atomic mass is 32.2. The summed E-state index contributed by atoms with van der Waals surface area (Å²) in [6.07, 6.45) is -0.422. The predicted molar refractivity (Wildman–Crippen MR) is 91.2 cm³/mol. The molecule has 0 saturated carbocycles. The highest BCUT2D eigenvalue weighted by molar-refractivity contribution is 7.99. The lowest BCUT2D eigenvalue weighted by atomic mass is 10.3. The van der Waals surface area contributed by atoms with Crippen LogP contribution in [0.2, 0.25) is 0 Å². The third kappa shape index (κ3) is 5.16. The predicted octanol–water partition coefficient (Wildman–Crippen LogP) is 3.27. The Morgan fingerprint density at radius 3 is 2.05 bits per heavy atom. The SMILES string of the molecule is COc1ccc(NCC(O)CSc2ccc(OC)cc2)cc1. The number of thioether (sulfide) groups is 1. The van der Waals surface area contributed by atoms with E-state index in [1.165, 1.54) is 0 Å². The van der Waals surface area contributed by atoms with E-state index in [1.807, 2.05) is 48.5 Å². The Bertz CT molecular complexity index is 506. The Kier molecular flexibility index (Phi) is 6.43. The second-order valence-corrected chi connectivity index (χ2v) is 5.84. The largest absolute Gasteiger partial charge is 0.497 e. The van der Waals surface area contributed by atoms with Gasteiger partial charge in [0.05, 0.1) is 20.3 Å². The molecule has 0 aliphatic rings. The molecule has 22 heavy (non-hydrogen) atoms. The van der Waals surface area contributed by atoms with Gasteiger partial charge in [-0.2, -0.15) is 0 Å². The number of rotatable bonds is 8. The summed E-state index contributed by atoms with van der Waals surface area (Å²) < 4.78 is 10.2. The Morgan fingerprint density at radius 1 is 0.955 bits per heavy atom. The van der Waals surface area contributed by atoms with Crippen molar-refractivity contribution < 1.29 is 14.6 Å². The van der Waals surface area contributed by atoms with E-state index in [1.54, 1.807) is 26.0 Å². The van der Waals surface area contributed by atoms with Gasteiger partial charge in [0.1, 0.15) is 11.5 Å². The summed E-state index contributed by atoms with van der Waals surface area (Å²) in [4.78, 5) is 1.12. The first-order chi connectivity index (χ1) is 10.7. The van der Waals surface area contributed by atoms with Crippen LogP contribution in [0, 0.1) is 0 Å². The van der Waals surface area contributed by atoms with Gasteiger partial charge in [-0.25, -0.2) is 0 Å². The minimum Gasteiger partial charge on any atom is -0.497 e. The summed E-state index contributed by atoms with van der Waals surface area (Å²) in [5.74, 6) is 2.29. The molecule has 2 aromatic rings. The number of hydrogen-bond acceptors (Lipinski definition) is 5. The van der Waals surface area contributed by atoms with Crippen molar-refractivity contribution in [3.63, 3.8) is 0 Å². The topological polar surface area (TPSA) is 50.7 Å².